The predicted octanol–water partition coefficient (Wildman–Crippen LogP) is 3.08. The van der Waals surface area contributed by atoms with Crippen LogP contribution >= 0.6 is 0 Å². The second kappa shape index (κ2) is 7.20. The average Bonchev–Trinajstić information content (AvgIpc) is 3.31. The number of ether oxygens (including phenoxy) is 2. The fourth-order valence-electron chi connectivity index (χ4n) is 4.99. The molecule has 4 rings (SSSR count). The number of fused-ring (bicyclic) bond motifs is 2. The van der Waals surface area contributed by atoms with E-state index < -0.39 is 0 Å². The SMILES string of the molecule is CC1CCC(N(C[C@@H]2CCCO2)C(=O)N[C@H]2C[C@H]3CC[C@H]2O3)CC1. The van der Waals surface area contributed by atoms with Gasteiger partial charge in [0.2, 0.25) is 0 Å². The van der Waals surface area contributed by atoms with Crippen molar-refractivity contribution in [2.45, 2.75) is 95.1 Å². The van der Waals surface area contributed by atoms with E-state index in [0.29, 0.717) is 12.1 Å². The highest BCUT2D eigenvalue weighted by atomic mass is 16.5. The third-order valence-electron chi connectivity index (χ3n) is 6.53. The first-order valence-corrected chi connectivity index (χ1v) is 10.0. The van der Waals surface area contributed by atoms with Gasteiger partial charge in [-0.1, -0.05) is 6.92 Å². The van der Waals surface area contributed by atoms with E-state index in [9.17, 15) is 4.79 Å². The number of amides is 2. The first-order valence-electron chi connectivity index (χ1n) is 10.0. The third-order valence-corrected chi connectivity index (χ3v) is 6.53. The molecule has 1 saturated carbocycles. The molecule has 0 aromatic carbocycles. The van der Waals surface area contributed by atoms with Gasteiger partial charge in [-0.15, -0.1) is 0 Å². The van der Waals surface area contributed by atoms with Crippen LogP contribution in [0.1, 0.15) is 64.7 Å². The molecule has 3 saturated heterocycles. The molecule has 2 amide bonds. The number of carbonyl (C=O) groups is 1. The number of nitrogens with one attached hydrogen (secondary N) is 1. The van der Waals surface area contributed by atoms with E-state index in [2.05, 4.69) is 17.1 Å². The van der Waals surface area contributed by atoms with E-state index in [4.69, 9.17) is 9.47 Å². The molecule has 0 aromatic rings. The van der Waals surface area contributed by atoms with Gasteiger partial charge in [-0.3, -0.25) is 0 Å². The molecule has 0 radical (unpaired) electrons. The second-order valence-electron chi connectivity index (χ2n) is 8.37. The molecule has 24 heavy (non-hydrogen) atoms. The van der Waals surface area contributed by atoms with Crippen molar-refractivity contribution in [3.8, 4) is 0 Å². The Balaban J connectivity index is 1.39. The fraction of sp³-hybridized carbons (Fsp3) is 0.947. The molecule has 0 unspecified atom stereocenters. The summed E-state index contributed by atoms with van der Waals surface area (Å²) in [6.07, 6.45) is 11.1. The van der Waals surface area contributed by atoms with Crippen molar-refractivity contribution in [3.05, 3.63) is 0 Å². The molecule has 1 N–H and O–H groups in total. The second-order valence-corrected chi connectivity index (χ2v) is 8.37. The first kappa shape index (κ1) is 16.6. The monoisotopic (exact) mass is 336 g/mol. The highest BCUT2D eigenvalue weighted by molar-refractivity contribution is 5.75. The zero-order valence-corrected chi connectivity index (χ0v) is 14.9. The summed E-state index contributed by atoms with van der Waals surface area (Å²) in [5.41, 5.74) is 0. The Bertz CT molecular complexity index is 444. The molecule has 0 aromatic heterocycles. The van der Waals surface area contributed by atoms with Crippen LogP contribution in [-0.4, -0.2) is 54.5 Å². The Morgan fingerprint density at radius 3 is 2.58 bits per heavy atom. The molecule has 5 nitrogen and oxygen atoms in total. The summed E-state index contributed by atoms with van der Waals surface area (Å²) in [6.45, 7) is 3.93. The van der Waals surface area contributed by atoms with Crippen LogP contribution in [0.15, 0.2) is 0 Å². The van der Waals surface area contributed by atoms with Gasteiger partial charge in [0.15, 0.2) is 0 Å². The lowest BCUT2D eigenvalue weighted by Gasteiger charge is -2.38. The maximum Gasteiger partial charge on any atom is 0.318 e. The molecule has 3 heterocycles. The predicted molar refractivity (Wildman–Crippen MR) is 91.9 cm³/mol. The highest BCUT2D eigenvalue weighted by Gasteiger charge is 2.42. The van der Waals surface area contributed by atoms with E-state index in [1.54, 1.807) is 0 Å². The minimum Gasteiger partial charge on any atom is -0.376 e. The van der Waals surface area contributed by atoms with Crippen molar-refractivity contribution in [2.75, 3.05) is 13.2 Å². The molecular weight excluding hydrogens is 304 g/mol. The van der Waals surface area contributed by atoms with Crippen LogP contribution in [-0.2, 0) is 9.47 Å². The van der Waals surface area contributed by atoms with Crippen molar-refractivity contribution >= 4 is 6.03 Å². The van der Waals surface area contributed by atoms with Gasteiger partial charge < -0.3 is 19.7 Å². The van der Waals surface area contributed by atoms with Gasteiger partial charge in [-0.2, -0.15) is 0 Å². The Morgan fingerprint density at radius 2 is 1.96 bits per heavy atom. The molecule has 5 heteroatoms. The summed E-state index contributed by atoms with van der Waals surface area (Å²) < 4.78 is 11.7. The van der Waals surface area contributed by atoms with Crippen LogP contribution in [0.25, 0.3) is 0 Å². The van der Waals surface area contributed by atoms with Crippen LogP contribution in [0.4, 0.5) is 4.79 Å². The van der Waals surface area contributed by atoms with E-state index in [-0.39, 0.29) is 24.3 Å². The smallest absolute Gasteiger partial charge is 0.318 e. The molecule has 4 atom stereocenters. The zero-order valence-electron chi connectivity index (χ0n) is 14.9. The molecule has 136 valence electrons. The quantitative estimate of drug-likeness (QED) is 0.858. The number of hydrogen-bond donors (Lipinski definition) is 1. The van der Waals surface area contributed by atoms with Crippen LogP contribution in [0, 0.1) is 5.92 Å². The average molecular weight is 336 g/mol. The van der Waals surface area contributed by atoms with Gasteiger partial charge >= 0.3 is 6.03 Å². The van der Waals surface area contributed by atoms with Crippen LogP contribution < -0.4 is 5.32 Å². The molecule has 2 bridgehead atoms. The Hall–Kier alpha value is -0.810. The lowest BCUT2D eigenvalue weighted by Crippen LogP contribution is -2.54. The Labute approximate surface area is 145 Å². The van der Waals surface area contributed by atoms with Crippen molar-refractivity contribution in [1.82, 2.24) is 10.2 Å². The number of carbonyl (C=O) groups excluding carboxylic acids is 1. The van der Waals surface area contributed by atoms with E-state index >= 15 is 0 Å². The number of hydrogen-bond acceptors (Lipinski definition) is 3. The number of urea groups is 1. The van der Waals surface area contributed by atoms with Crippen LogP contribution in [0.5, 0.6) is 0 Å². The molecule has 0 spiro atoms. The van der Waals surface area contributed by atoms with Crippen LogP contribution in [0.3, 0.4) is 0 Å². The zero-order chi connectivity index (χ0) is 16.5. The third kappa shape index (κ3) is 3.57. The van der Waals surface area contributed by atoms with Crippen molar-refractivity contribution in [1.29, 1.82) is 0 Å². The lowest BCUT2D eigenvalue weighted by molar-refractivity contribution is 0.0577. The van der Waals surface area contributed by atoms with E-state index in [0.717, 1.165) is 64.0 Å². The van der Waals surface area contributed by atoms with Gasteiger partial charge in [-0.05, 0) is 63.7 Å². The Kier molecular flexibility index (Phi) is 5.00. The van der Waals surface area contributed by atoms with Gasteiger partial charge in [-0.25, -0.2) is 4.79 Å². The number of rotatable bonds is 4. The molecular formula is C19H32N2O3. The summed E-state index contributed by atoms with van der Waals surface area (Å²) in [7, 11) is 0. The summed E-state index contributed by atoms with van der Waals surface area (Å²) in [4.78, 5) is 15.2. The summed E-state index contributed by atoms with van der Waals surface area (Å²) in [6, 6.07) is 0.710. The largest absolute Gasteiger partial charge is 0.376 e. The summed E-state index contributed by atoms with van der Waals surface area (Å²) in [5, 5.41) is 3.30. The Morgan fingerprint density at radius 1 is 1.12 bits per heavy atom. The van der Waals surface area contributed by atoms with E-state index in [1.165, 1.54) is 12.8 Å². The lowest BCUT2D eigenvalue weighted by atomic mass is 9.86. The van der Waals surface area contributed by atoms with Crippen molar-refractivity contribution < 1.29 is 14.3 Å². The fourth-order valence-corrected chi connectivity index (χ4v) is 4.99. The van der Waals surface area contributed by atoms with Gasteiger partial charge in [0.1, 0.15) is 0 Å². The standard InChI is InChI=1S/C19H32N2O3/c1-13-4-6-14(7-5-13)21(12-16-3-2-10-23-16)19(22)20-17-11-15-8-9-18(17)24-15/h13-18H,2-12H2,1H3,(H,20,22)/t13?,14?,15-,16+,17+,18-/m1/s1. The highest BCUT2D eigenvalue weighted by Crippen LogP contribution is 2.35. The molecule has 4 aliphatic rings. The summed E-state index contributed by atoms with van der Waals surface area (Å²) >= 11 is 0. The normalized spacial score (nSPS) is 41.5. The van der Waals surface area contributed by atoms with Gasteiger partial charge in [0.05, 0.1) is 24.4 Å². The molecule has 4 fully saturated rings. The molecule has 3 aliphatic heterocycles. The minimum absolute atomic E-state index is 0.117. The first-order chi connectivity index (χ1) is 11.7. The van der Waals surface area contributed by atoms with Gasteiger partial charge in [0, 0.05) is 19.2 Å². The maximum absolute atomic E-state index is 13.0. The number of nitrogens with zero attached hydrogens (tertiary/aromatic N) is 1. The maximum atomic E-state index is 13.0. The summed E-state index contributed by atoms with van der Waals surface area (Å²) in [5.74, 6) is 0.799. The van der Waals surface area contributed by atoms with Crippen molar-refractivity contribution in [3.63, 3.8) is 0 Å². The molecule has 1 aliphatic carbocycles. The topological polar surface area (TPSA) is 50.8 Å². The van der Waals surface area contributed by atoms with Crippen molar-refractivity contribution in [2.24, 2.45) is 5.92 Å². The van der Waals surface area contributed by atoms with Gasteiger partial charge in [0.25, 0.3) is 0 Å². The minimum atomic E-state index is 0.117. The van der Waals surface area contributed by atoms with Crippen LogP contribution in [0.2, 0.25) is 0 Å². The van der Waals surface area contributed by atoms with E-state index in [1.807, 2.05) is 0 Å².